The molecule has 1 aromatic carbocycles. The van der Waals surface area contributed by atoms with Crippen molar-refractivity contribution in [2.75, 3.05) is 0 Å². The molecule has 0 spiro atoms. The van der Waals surface area contributed by atoms with Gasteiger partial charge >= 0.3 is 0 Å². The van der Waals surface area contributed by atoms with Gasteiger partial charge in [0, 0.05) is 0 Å². The Hall–Kier alpha value is -0.160. The van der Waals surface area contributed by atoms with Crippen molar-refractivity contribution >= 4 is 44.1 Å². The molecule has 0 amide bonds. The SMILES string of the molecule is Cc1cccc2sc(I)nc12. The molecule has 0 N–H and O–H groups in total. The Morgan fingerprint density at radius 3 is 3.00 bits per heavy atom. The van der Waals surface area contributed by atoms with Crippen LogP contribution in [-0.4, -0.2) is 4.98 Å². The molecule has 1 heterocycles. The number of benzene rings is 1. The van der Waals surface area contributed by atoms with E-state index in [1.807, 2.05) is 0 Å². The van der Waals surface area contributed by atoms with Crippen LogP contribution in [0.1, 0.15) is 5.56 Å². The van der Waals surface area contributed by atoms with E-state index in [9.17, 15) is 0 Å². The Labute approximate surface area is 82.6 Å². The van der Waals surface area contributed by atoms with Gasteiger partial charge in [0.25, 0.3) is 0 Å². The third kappa shape index (κ3) is 1.27. The minimum absolute atomic E-state index is 1.12. The van der Waals surface area contributed by atoms with Gasteiger partial charge in [-0.1, -0.05) is 12.1 Å². The molecule has 2 aromatic rings. The van der Waals surface area contributed by atoms with Gasteiger partial charge in [-0.3, -0.25) is 0 Å². The number of nitrogens with zero attached hydrogens (tertiary/aromatic N) is 1. The molecular formula is C8H6INS. The second-order valence-corrected chi connectivity index (χ2v) is 5.17. The minimum atomic E-state index is 1.12. The highest BCUT2D eigenvalue weighted by atomic mass is 127. The van der Waals surface area contributed by atoms with Crippen LogP contribution in [0.5, 0.6) is 0 Å². The zero-order valence-electron chi connectivity index (χ0n) is 5.97. The van der Waals surface area contributed by atoms with Gasteiger partial charge in [-0.05, 0) is 41.1 Å². The van der Waals surface area contributed by atoms with E-state index in [1.165, 1.54) is 10.3 Å². The van der Waals surface area contributed by atoms with Gasteiger partial charge in [0.1, 0.15) is 0 Å². The number of fused-ring (bicyclic) bond motifs is 1. The van der Waals surface area contributed by atoms with Gasteiger partial charge in [0.05, 0.1) is 10.2 Å². The Kier molecular flexibility index (Phi) is 1.85. The van der Waals surface area contributed by atoms with Crippen molar-refractivity contribution in [3.63, 3.8) is 0 Å². The van der Waals surface area contributed by atoms with E-state index in [-0.39, 0.29) is 0 Å². The van der Waals surface area contributed by atoms with Crippen LogP contribution in [0, 0.1) is 9.94 Å². The fraction of sp³-hybridized carbons (Fsp3) is 0.125. The molecule has 3 heteroatoms. The standard InChI is InChI=1S/C8H6INS/c1-5-3-2-4-6-7(5)10-8(9)11-6/h2-4H,1H3. The Morgan fingerprint density at radius 2 is 2.27 bits per heavy atom. The van der Waals surface area contributed by atoms with Crippen LogP contribution in [0.15, 0.2) is 18.2 Å². The second kappa shape index (κ2) is 2.71. The van der Waals surface area contributed by atoms with Gasteiger partial charge in [-0.25, -0.2) is 4.98 Å². The summed E-state index contributed by atoms with van der Waals surface area (Å²) in [5.41, 5.74) is 2.42. The number of aromatic nitrogens is 1. The number of hydrogen-bond donors (Lipinski definition) is 0. The largest absolute Gasteiger partial charge is 0.230 e. The van der Waals surface area contributed by atoms with Crippen LogP contribution in [0.25, 0.3) is 10.2 Å². The molecule has 0 saturated heterocycles. The van der Waals surface area contributed by atoms with Gasteiger partial charge < -0.3 is 0 Å². The van der Waals surface area contributed by atoms with E-state index in [4.69, 9.17) is 0 Å². The van der Waals surface area contributed by atoms with Gasteiger partial charge in [0.15, 0.2) is 3.01 Å². The van der Waals surface area contributed by atoms with Crippen molar-refractivity contribution in [2.24, 2.45) is 0 Å². The first kappa shape index (κ1) is 7.49. The van der Waals surface area contributed by atoms with Crippen LogP contribution in [0.4, 0.5) is 0 Å². The molecule has 1 aromatic heterocycles. The smallest absolute Gasteiger partial charge is 0.155 e. The van der Waals surface area contributed by atoms with Crippen LogP contribution < -0.4 is 0 Å². The quantitative estimate of drug-likeness (QED) is 0.673. The second-order valence-electron chi connectivity index (χ2n) is 2.39. The molecule has 56 valence electrons. The highest BCUT2D eigenvalue weighted by Gasteiger charge is 2.01. The lowest BCUT2D eigenvalue weighted by Gasteiger charge is -1.90. The molecule has 11 heavy (non-hydrogen) atoms. The lowest BCUT2D eigenvalue weighted by atomic mass is 10.2. The summed E-state index contributed by atoms with van der Waals surface area (Å²) < 4.78 is 2.40. The molecule has 0 aliphatic carbocycles. The molecule has 0 aliphatic rings. The molecule has 0 bridgehead atoms. The molecule has 0 saturated carbocycles. The predicted molar refractivity (Wildman–Crippen MR) is 57.1 cm³/mol. The minimum Gasteiger partial charge on any atom is -0.230 e. The maximum atomic E-state index is 4.42. The highest BCUT2D eigenvalue weighted by Crippen LogP contribution is 2.24. The van der Waals surface area contributed by atoms with E-state index in [1.54, 1.807) is 11.3 Å². The average molecular weight is 275 g/mol. The molecule has 0 unspecified atom stereocenters. The maximum absolute atomic E-state index is 4.42. The van der Waals surface area contributed by atoms with Crippen molar-refractivity contribution in [3.8, 4) is 0 Å². The summed E-state index contributed by atoms with van der Waals surface area (Å²) in [6.45, 7) is 2.10. The van der Waals surface area contributed by atoms with E-state index < -0.39 is 0 Å². The third-order valence-corrected chi connectivity index (χ3v) is 3.31. The number of para-hydroxylation sites is 1. The van der Waals surface area contributed by atoms with Crippen LogP contribution >= 0.6 is 33.9 Å². The molecule has 0 atom stereocenters. The Morgan fingerprint density at radius 1 is 1.45 bits per heavy atom. The van der Waals surface area contributed by atoms with Gasteiger partial charge in [-0.15, -0.1) is 11.3 Å². The molecule has 0 radical (unpaired) electrons. The summed E-state index contributed by atoms with van der Waals surface area (Å²) >= 11 is 4.00. The predicted octanol–water partition coefficient (Wildman–Crippen LogP) is 3.21. The lowest BCUT2D eigenvalue weighted by Crippen LogP contribution is -1.73. The van der Waals surface area contributed by atoms with Crippen molar-refractivity contribution < 1.29 is 0 Å². The van der Waals surface area contributed by atoms with Crippen LogP contribution in [0.2, 0.25) is 0 Å². The zero-order valence-corrected chi connectivity index (χ0v) is 8.94. The van der Waals surface area contributed by atoms with Crippen molar-refractivity contribution in [1.29, 1.82) is 0 Å². The molecule has 1 nitrogen and oxygen atoms in total. The summed E-state index contributed by atoms with van der Waals surface area (Å²) in [6, 6.07) is 6.28. The number of hydrogen-bond acceptors (Lipinski definition) is 2. The first-order valence-electron chi connectivity index (χ1n) is 3.29. The summed E-state index contributed by atoms with van der Waals surface area (Å²) in [7, 11) is 0. The monoisotopic (exact) mass is 275 g/mol. The van der Waals surface area contributed by atoms with Crippen molar-refractivity contribution in [2.45, 2.75) is 6.92 Å². The molecular weight excluding hydrogens is 269 g/mol. The van der Waals surface area contributed by atoms with Gasteiger partial charge in [-0.2, -0.15) is 0 Å². The summed E-state index contributed by atoms with van der Waals surface area (Å²) in [5.74, 6) is 0. The molecule has 0 fully saturated rings. The number of aryl methyl sites for hydroxylation is 1. The zero-order chi connectivity index (χ0) is 7.84. The Bertz CT molecular complexity index is 394. The topological polar surface area (TPSA) is 12.9 Å². The molecule has 2 rings (SSSR count). The van der Waals surface area contributed by atoms with Crippen molar-refractivity contribution in [3.05, 3.63) is 26.8 Å². The van der Waals surface area contributed by atoms with E-state index in [0.29, 0.717) is 0 Å². The summed E-state index contributed by atoms with van der Waals surface area (Å²) in [5, 5.41) is 0. The highest BCUT2D eigenvalue weighted by molar-refractivity contribution is 14.1. The number of halogens is 1. The maximum Gasteiger partial charge on any atom is 0.155 e. The third-order valence-electron chi connectivity index (χ3n) is 1.59. The summed E-state index contributed by atoms with van der Waals surface area (Å²) in [4.78, 5) is 4.42. The lowest BCUT2D eigenvalue weighted by molar-refractivity contribution is 1.39. The van der Waals surface area contributed by atoms with E-state index in [2.05, 4.69) is 52.7 Å². The molecule has 0 aliphatic heterocycles. The van der Waals surface area contributed by atoms with Crippen molar-refractivity contribution in [1.82, 2.24) is 4.98 Å². The first-order valence-corrected chi connectivity index (χ1v) is 5.18. The van der Waals surface area contributed by atoms with Crippen LogP contribution in [0.3, 0.4) is 0 Å². The average Bonchev–Trinajstić information content (AvgIpc) is 2.31. The van der Waals surface area contributed by atoms with E-state index >= 15 is 0 Å². The Balaban J connectivity index is 2.90. The van der Waals surface area contributed by atoms with Crippen LogP contribution in [-0.2, 0) is 0 Å². The first-order chi connectivity index (χ1) is 5.27. The number of thiazole rings is 1. The number of rotatable bonds is 0. The fourth-order valence-corrected chi connectivity index (χ4v) is 2.78. The summed E-state index contributed by atoms with van der Waals surface area (Å²) in [6.07, 6.45) is 0. The normalized spacial score (nSPS) is 10.7. The van der Waals surface area contributed by atoms with E-state index in [0.717, 1.165) is 8.53 Å². The fourth-order valence-electron chi connectivity index (χ4n) is 1.06. The van der Waals surface area contributed by atoms with Gasteiger partial charge in [0.2, 0.25) is 0 Å².